The van der Waals surface area contributed by atoms with Crippen LogP contribution < -0.4 is 11.5 Å². The molecule has 0 aliphatic carbocycles. The van der Waals surface area contributed by atoms with Crippen LogP contribution in [0.15, 0.2) is 20.7 Å². The van der Waals surface area contributed by atoms with E-state index in [0.717, 1.165) is 0 Å². The largest absolute Gasteiger partial charge is 0.416 e. The van der Waals surface area contributed by atoms with Crippen molar-refractivity contribution in [1.29, 1.82) is 0 Å². The van der Waals surface area contributed by atoms with Crippen molar-refractivity contribution in [2.75, 3.05) is 11.5 Å². The Hall–Kier alpha value is -1.83. The van der Waals surface area contributed by atoms with Gasteiger partial charge in [-0.3, -0.25) is 0 Å². The first kappa shape index (κ1) is 9.71. The van der Waals surface area contributed by atoms with Crippen molar-refractivity contribution >= 4 is 23.5 Å². The summed E-state index contributed by atoms with van der Waals surface area (Å²) < 4.78 is 5.17. The van der Waals surface area contributed by atoms with Crippen LogP contribution in [0.3, 0.4) is 0 Å². The lowest BCUT2D eigenvalue weighted by Crippen LogP contribution is -1.99. The molecule has 0 saturated carbocycles. The molecule has 0 bridgehead atoms. The Kier molecular flexibility index (Phi) is 2.42. The monoisotopic (exact) mass is 224 g/mol. The zero-order valence-electron chi connectivity index (χ0n) is 7.84. The molecule has 15 heavy (non-hydrogen) atoms. The Bertz CT molecular complexity index is 464. The molecule has 0 saturated heterocycles. The predicted octanol–water partition coefficient (Wildman–Crippen LogP) is 0.484. The first-order valence-electron chi connectivity index (χ1n) is 4.01. The Labute approximate surface area is 89.3 Å². The molecule has 0 unspecified atom stereocenters. The minimum absolute atomic E-state index is 0.119. The second-order valence-corrected chi connectivity index (χ2v) is 3.65. The van der Waals surface area contributed by atoms with E-state index >= 15 is 0 Å². The number of rotatable bonds is 2. The molecule has 0 aliphatic heterocycles. The summed E-state index contributed by atoms with van der Waals surface area (Å²) in [5.74, 6) is 0.919. The molecule has 8 heteroatoms. The molecule has 2 aromatic rings. The van der Waals surface area contributed by atoms with Crippen LogP contribution >= 0.6 is 11.8 Å². The van der Waals surface area contributed by atoms with Crippen molar-refractivity contribution in [1.82, 2.24) is 20.2 Å². The normalized spacial score (nSPS) is 10.5. The molecule has 0 aromatic carbocycles. The second kappa shape index (κ2) is 3.73. The molecule has 0 aliphatic rings. The van der Waals surface area contributed by atoms with Crippen LogP contribution in [0.5, 0.6) is 0 Å². The Morgan fingerprint density at radius 2 is 2.07 bits per heavy atom. The van der Waals surface area contributed by atoms with Crippen molar-refractivity contribution in [3.05, 3.63) is 12.0 Å². The van der Waals surface area contributed by atoms with Gasteiger partial charge in [0.15, 0.2) is 0 Å². The van der Waals surface area contributed by atoms with Gasteiger partial charge >= 0.3 is 0 Å². The fourth-order valence-corrected chi connectivity index (χ4v) is 1.66. The van der Waals surface area contributed by atoms with Crippen LogP contribution in [0.4, 0.5) is 11.8 Å². The van der Waals surface area contributed by atoms with Gasteiger partial charge < -0.3 is 15.9 Å². The average molecular weight is 224 g/mol. The Morgan fingerprint density at radius 1 is 1.27 bits per heavy atom. The number of hydrogen-bond acceptors (Lipinski definition) is 8. The highest BCUT2D eigenvalue weighted by Crippen LogP contribution is 2.25. The maximum atomic E-state index is 5.51. The van der Waals surface area contributed by atoms with Gasteiger partial charge in [0.1, 0.15) is 10.8 Å². The molecule has 7 nitrogen and oxygen atoms in total. The average Bonchev–Trinajstić information content (AvgIpc) is 2.49. The minimum atomic E-state index is 0.119. The standard InChI is InChI=1S/C7H8N6OS/c1-3-12-13-7(14-3)15-5-2-4(8)10-6(9)11-5/h2H,1H3,(H4,8,9,10,11). The smallest absolute Gasteiger partial charge is 0.282 e. The molecule has 2 heterocycles. The molecule has 4 N–H and O–H groups in total. The minimum Gasteiger partial charge on any atom is -0.416 e. The van der Waals surface area contributed by atoms with Crippen LogP contribution in [-0.4, -0.2) is 20.2 Å². The Balaban J connectivity index is 2.24. The van der Waals surface area contributed by atoms with Gasteiger partial charge in [0.25, 0.3) is 5.22 Å². The first-order chi connectivity index (χ1) is 7.13. The fourth-order valence-electron chi connectivity index (χ4n) is 0.923. The number of hydrogen-bond donors (Lipinski definition) is 2. The van der Waals surface area contributed by atoms with Crippen LogP contribution in [-0.2, 0) is 0 Å². The van der Waals surface area contributed by atoms with E-state index in [2.05, 4.69) is 20.2 Å². The third kappa shape index (κ3) is 2.34. The number of nitrogens with two attached hydrogens (primary N) is 2. The summed E-state index contributed by atoms with van der Waals surface area (Å²) in [6, 6.07) is 1.58. The third-order valence-corrected chi connectivity index (χ3v) is 2.20. The third-order valence-electron chi connectivity index (χ3n) is 1.44. The second-order valence-electron chi connectivity index (χ2n) is 2.68. The summed E-state index contributed by atoms with van der Waals surface area (Å²) in [5, 5.41) is 8.46. The molecule has 0 fully saturated rings. The lowest BCUT2D eigenvalue weighted by molar-refractivity contribution is 0.429. The van der Waals surface area contributed by atoms with E-state index in [1.54, 1.807) is 13.0 Å². The number of nitrogens with zero attached hydrogens (tertiary/aromatic N) is 4. The topological polar surface area (TPSA) is 117 Å². The molecule has 0 spiro atoms. The molecule has 0 radical (unpaired) electrons. The summed E-state index contributed by atoms with van der Waals surface area (Å²) in [5.41, 5.74) is 10.9. The number of aryl methyl sites for hydroxylation is 1. The zero-order chi connectivity index (χ0) is 10.8. The van der Waals surface area contributed by atoms with Gasteiger partial charge in [-0.1, -0.05) is 0 Å². The molecular formula is C7H8N6OS. The van der Waals surface area contributed by atoms with Crippen LogP contribution in [0.1, 0.15) is 5.89 Å². The van der Waals surface area contributed by atoms with E-state index in [0.29, 0.717) is 22.0 Å². The first-order valence-corrected chi connectivity index (χ1v) is 4.83. The van der Waals surface area contributed by atoms with E-state index in [4.69, 9.17) is 15.9 Å². The van der Waals surface area contributed by atoms with E-state index in [-0.39, 0.29) is 5.95 Å². The molecular weight excluding hydrogens is 216 g/mol. The molecule has 2 rings (SSSR count). The van der Waals surface area contributed by atoms with Gasteiger partial charge in [-0.15, -0.1) is 10.2 Å². The van der Waals surface area contributed by atoms with E-state index in [1.165, 1.54) is 11.8 Å². The van der Waals surface area contributed by atoms with E-state index in [1.807, 2.05) is 0 Å². The zero-order valence-corrected chi connectivity index (χ0v) is 8.65. The lowest BCUT2D eigenvalue weighted by Gasteiger charge is -1.98. The number of nitrogen functional groups attached to an aromatic ring is 2. The van der Waals surface area contributed by atoms with Crippen molar-refractivity contribution < 1.29 is 4.42 Å². The maximum absolute atomic E-state index is 5.51. The van der Waals surface area contributed by atoms with Crippen molar-refractivity contribution in [2.24, 2.45) is 0 Å². The molecule has 0 amide bonds. The molecule has 78 valence electrons. The van der Waals surface area contributed by atoms with Gasteiger partial charge in [0.2, 0.25) is 11.8 Å². The quantitative estimate of drug-likeness (QED) is 0.707. The highest BCUT2D eigenvalue weighted by Gasteiger charge is 2.07. The molecule has 2 aromatic heterocycles. The highest BCUT2D eigenvalue weighted by atomic mass is 32.2. The Morgan fingerprint density at radius 3 is 2.67 bits per heavy atom. The summed E-state index contributed by atoms with van der Waals surface area (Å²) in [6.45, 7) is 1.71. The van der Waals surface area contributed by atoms with E-state index < -0.39 is 0 Å². The number of aromatic nitrogens is 4. The van der Waals surface area contributed by atoms with Crippen LogP contribution in [0, 0.1) is 6.92 Å². The van der Waals surface area contributed by atoms with Crippen molar-refractivity contribution in [3.8, 4) is 0 Å². The van der Waals surface area contributed by atoms with Gasteiger partial charge in [-0.05, 0) is 11.8 Å². The van der Waals surface area contributed by atoms with Crippen LogP contribution in [0.2, 0.25) is 0 Å². The van der Waals surface area contributed by atoms with Crippen LogP contribution in [0.25, 0.3) is 0 Å². The predicted molar refractivity (Wildman–Crippen MR) is 54.0 cm³/mol. The fraction of sp³-hybridized carbons (Fsp3) is 0.143. The summed E-state index contributed by atoms with van der Waals surface area (Å²) in [7, 11) is 0. The SMILES string of the molecule is Cc1nnc(Sc2cc(N)nc(N)n2)o1. The summed E-state index contributed by atoms with van der Waals surface area (Å²) >= 11 is 1.19. The van der Waals surface area contributed by atoms with Gasteiger partial charge in [-0.2, -0.15) is 4.98 Å². The van der Waals surface area contributed by atoms with Gasteiger partial charge in [0.05, 0.1) is 0 Å². The number of anilines is 2. The maximum Gasteiger partial charge on any atom is 0.282 e. The van der Waals surface area contributed by atoms with E-state index in [9.17, 15) is 0 Å². The lowest BCUT2D eigenvalue weighted by atomic mass is 10.6. The highest BCUT2D eigenvalue weighted by molar-refractivity contribution is 7.99. The van der Waals surface area contributed by atoms with Crippen molar-refractivity contribution in [3.63, 3.8) is 0 Å². The molecule has 0 atom stereocenters. The van der Waals surface area contributed by atoms with Gasteiger partial charge in [0, 0.05) is 13.0 Å². The summed E-state index contributed by atoms with van der Waals surface area (Å²) in [4.78, 5) is 7.71. The summed E-state index contributed by atoms with van der Waals surface area (Å²) in [6.07, 6.45) is 0. The van der Waals surface area contributed by atoms with Gasteiger partial charge in [-0.25, -0.2) is 4.98 Å². The van der Waals surface area contributed by atoms with Crippen molar-refractivity contribution in [2.45, 2.75) is 17.2 Å².